The molecule has 1 aromatic heterocycles. The first kappa shape index (κ1) is 26.9. The van der Waals surface area contributed by atoms with E-state index in [-0.39, 0.29) is 23.2 Å². The van der Waals surface area contributed by atoms with Gasteiger partial charge in [-0.05, 0) is 29.7 Å². The Morgan fingerprint density at radius 3 is 2.11 bits per heavy atom. The van der Waals surface area contributed by atoms with Gasteiger partial charge in [-0.1, -0.05) is 96.7 Å². The lowest BCUT2D eigenvalue weighted by Crippen LogP contribution is -2.46. The van der Waals surface area contributed by atoms with Crippen LogP contribution in [0.1, 0.15) is 21.5 Å². The molecule has 1 amide bonds. The normalized spacial score (nSPS) is 12.3. The molecule has 194 valence electrons. The molecular formula is C31H29NO5S. The van der Waals surface area contributed by atoms with Crippen LogP contribution in [0.3, 0.4) is 0 Å². The van der Waals surface area contributed by atoms with Gasteiger partial charge in [0.05, 0.1) is 19.3 Å². The van der Waals surface area contributed by atoms with Gasteiger partial charge >= 0.3 is 5.97 Å². The molecule has 1 heterocycles. The molecule has 0 fully saturated rings. The van der Waals surface area contributed by atoms with Crippen molar-refractivity contribution in [3.05, 3.63) is 120 Å². The number of amides is 1. The summed E-state index contributed by atoms with van der Waals surface area (Å²) < 4.78 is 10.4. The number of rotatable bonds is 11. The Bertz CT molecular complexity index is 1320. The minimum Gasteiger partial charge on any atom is -0.467 e. The van der Waals surface area contributed by atoms with Crippen LogP contribution >= 0.6 is 11.8 Å². The fourth-order valence-corrected chi connectivity index (χ4v) is 4.99. The summed E-state index contributed by atoms with van der Waals surface area (Å²) in [6.45, 7) is 0. The van der Waals surface area contributed by atoms with E-state index in [4.69, 9.17) is 9.15 Å². The van der Waals surface area contributed by atoms with Crippen LogP contribution < -0.4 is 5.32 Å². The Morgan fingerprint density at radius 1 is 0.816 bits per heavy atom. The smallest absolute Gasteiger partial charge is 0.328 e. The summed E-state index contributed by atoms with van der Waals surface area (Å²) in [6.07, 6.45) is 2.32. The third-order valence-corrected chi connectivity index (χ3v) is 7.19. The number of hydrogen-bond donors (Lipinski definition) is 1. The summed E-state index contributed by atoms with van der Waals surface area (Å²) in [5.74, 6) is -0.325. The minimum absolute atomic E-state index is 0.0994. The lowest BCUT2D eigenvalue weighted by Gasteiger charge is -2.21. The first-order valence-electron chi connectivity index (χ1n) is 12.3. The van der Waals surface area contributed by atoms with E-state index >= 15 is 0 Å². The van der Waals surface area contributed by atoms with Crippen molar-refractivity contribution in [2.24, 2.45) is 5.92 Å². The van der Waals surface area contributed by atoms with Crippen LogP contribution in [0.5, 0.6) is 0 Å². The zero-order valence-electron chi connectivity index (χ0n) is 21.0. The Balaban J connectivity index is 1.46. The Labute approximate surface area is 226 Å². The Hall–Kier alpha value is -4.10. The van der Waals surface area contributed by atoms with E-state index in [0.717, 1.165) is 34.2 Å². The lowest BCUT2D eigenvalue weighted by atomic mass is 9.98. The first-order valence-corrected chi connectivity index (χ1v) is 13.3. The largest absolute Gasteiger partial charge is 0.467 e. The summed E-state index contributed by atoms with van der Waals surface area (Å²) in [5.41, 5.74) is 3.34. The van der Waals surface area contributed by atoms with Gasteiger partial charge < -0.3 is 14.5 Å². The molecule has 6 nitrogen and oxygen atoms in total. The van der Waals surface area contributed by atoms with Gasteiger partial charge in [0.1, 0.15) is 11.8 Å². The molecule has 4 aromatic rings. The number of nitrogens with one attached hydrogen (secondary N) is 1. The molecule has 7 heteroatoms. The monoisotopic (exact) mass is 527 g/mol. The van der Waals surface area contributed by atoms with Crippen LogP contribution in [0, 0.1) is 5.92 Å². The summed E-state index contributed by atoms with van der Waals surface area (Å²) in [7, 11) is 1.30. The van der Waals surface area contributed by atoms with Crippen molar-refractivity contribution < 1.29 is 23.5 Å². The van der Waals surface area contributed by atoms with Gasteiger partial charge in [0.15, 0.2) is 0 Å². The first-order chi connectivity index (χ1) is 18.5. The third kappa shape index (κ3) is 7.46. The van der Waals surface area contributed by atoms with Gasteiger partial charge in [-0.2, -0.15) is 0 Å². The number of methoxy groups -OCH3 is 1. The molecule has 0 saturated heterocycles. The molecule has 38 heavy (non-hydrogen) atoms. The second kappa shape index (κ2) is 13.4. The maximum atomic E-state index is 13.5. The van der Waals surface area contributed by atoms with Crippen molar-refractivity contribution >= 4 is 28.8 Å². The van der Waals surface area contributed by atoms with E-state index in [9.17, 15) is 14.4 Å². The lowest BCUT2D eigenvalue weighted by molar-refractivity contribution is -0.145. The molecule has 1 N–H and O–H groups in total. The van der Waals surface area contributed by atoms with Crippen molar-refractivity contribution in [3.8, 4) is 11.3 Å². The van der Waals surface area contributed by atoms with E-state index in [1.807, 2.05) is 84.9 Å². The van der Waals surface area contributed by atoms with Crippen molar-refractivity contribution in [2.45, 2.75) is 18.9 Å². The number of ether oxygens (including phenoxy) is 1. The number of carbonyl (C=O) groups excluding carboxylic acids is 3. The average molecular weight is 528 g/mol. The van der Waals surface area contributed by atoms with Gasteiger partial charge in [-0.15, -0.1) is 0 Å². The second-order valence-electron chi connectivity index (χ2n) is 8.81. The fourth-order valence-electron chi connectivity index (χ4n) is 4.07. The Kier molecular flexibility index (Phi) is 9.54. The van der Waals surface area contributed by atoms with Crippen LogP contribution in [0.25, 0.3) is 11.3 Å². The number of carbonyl (C=O) groups is 3. The van der Waals surface area contributed by atoms with E-state index in [2.05, 4.69) is 5.32 Å². The highest BCUT2D eigenvalue weighted by molar-refractivity contribution is 8.14. The highest BCUT2D eigenvalue weighted by Crippen LogP contribution is 2.22. The van der Waals surface area contributed by atoms with Crippen molar-refractivity contribution in [1.29, 1.82) is 0 Å². The van der Waals surface area contributed by atoms with Gasteiger partial charge in [0, 0.05) is 23.3 Å². The standard InChI is InChI=1S/C31H29NO5S/c1-36-30(34)27(20-23-14-16-24(17-15-23)28-13-8-18-37-28)32-29(33)26(19-22-9-4-2-5-10-22)21-38-31(35)25-11-6-3-7-12-25/h2-18,26-27H,19-21H2,1H3,(H,32,33). The molecule has 2 unspecified atom stereocenters. The third-order valence-electron chi connectivity index (χ3n) is 6.12. The summed E-state index contributed by atoms with van der Waals surface area (Å²) in [4.78, 5) is 38.8. The topological polar surface area (TPSA) is 85.6 Å². The van der Waals surface area contributed by atoms with Crippen LogP contribution in [-0.2, 0) is 27.2 Å². The number of furan rings is 1. The molecule has 0 saturated carbocycles. The molecule has 4 rings (SSSR count). The molecule has 0 bridgehead atoms. The predicted octanol–water partition coefficient (Wildman–Crippen LogP) is 5.58. The summed E-state index contributed by atoms with van der Waals surface area (Å²) >= 11 is 1.11. The predicted molar refractivity (Wildman–Crippen MR) is 149 cm³/mol. The SMILES string of the molecule is COC(=O)C(Cc1ccc(-c2ccco2)cc1)NC(=O)C(CSC(=O)c1ccccc1)Cc1ccccc1. The van der Waals surface area contributed by atoms with Gasteiger partial charge in [-0.3, -0.25) is 9.59 Å². The van der Waals surface area contributed by atoms with Crippen LogP contribution in [0.2, 0.25) is 0 Å². The van der Waals surface area contributed by atoms with E-state index in [0.29, 0.717) is 12.0 Å². The summed E-state index contributed by atoms with van der Waals surface area (Å²) in [6, 6.07) is 29.1. The zero-order valence-corrected chi connectivity index (χ0v) is 21.9. The highest BCUT2D eigenvalue weighted by Gasteiger charge is 2.27. The molecule has 0 aliphatic heterocycles. The molecule has 0 aliphatic carbocycles. The zero-order chi connectivity index (χ0) is 26.7. The number of benzene rings is 3. The van der Waals surface area contributed by atoms with Gasteiger partial charge in [-0.25, -0.2) is 4.79 Å². The van der Waals surface area contributed by atoms with Gasteiger partial charge in [0.25, 0.3) is 0 Å². The molecule has 2 atom stereocenters. The van der Waals surface area contributed by atoms with Crippen molar-refractivity contribution in [2.75, 3.05) is 12.9 Å². The number of esters is 1. The molecule has 3 aromatic carbocycles. The number of hydrogen-bond acceptors (Lipinski definition) is 6. The molecule has 0 spiro atoms. The number of thioether (sulfide) groups is 1. The fraction of sp³-hybridized carbons (Fsp3) is 0.194. The van der Waals surface area contributed by atoms with Crippen LogP contribution in [0.4, 0.5) is 0 Å². The van der Waals surface area contributed by atoms with Crippen LogP contribution in [0.15, 0.2) is 108 Å². The summed E-state index contributed by atoms with van der Waals surface area (Å²) in [5, 5.41) is 2.79. The maximum Gasteiger partial charge on any atom is 0.328 e. The maximum absolute atomic E-state index is 13.5. The highest BCUT2D eigenvalue weighted by atomic mass is 32.2. The van der Waals surface area contributed by atoms with E-state index in [1.54, 1.807) is 18.4 Å². The Morgan fingerprint density at radius 2 is 1.47 bits per heavy atom. The minimum atomic E-state index is -0.866. The van der Waals surface area contributed by atoms with E-state index < -0.39 is 17.9 Å². The quantitative estimate of drug-likeness (QED) is 0.256. The second-order valence-corrected chi connectivity index (χ2v) is 9.81. The van der Waals surface area contributed by atoms with Crippen molar-refractivity contribution in [3.63, 3.8) is 0 Å². The van der Waals surface area contributed by atoms with Gasteiger partial charge in [0.2, 0.25) is 11.0 Å². The average Bonchev–Trinajstić information content (AvgIpc) is 3.51. The van der Waals surface area contributed by atoms with Crippen molar-refractivity contribution in [1.82, 2.24) is 5.32 Å². The van der Waals surface area contributed by atoms with Crippen LogP contribution in [-0.4, -0.2) is 35.9 Å². The van der Waals surface area contributed by atoms with E-state index in [1.165, 1.54) is 7.11 Å². The molecular weight excluding hydrogens is 498 g/mol. The molecule has 0 aliphatic rings. The molecule has 0 radical (unpaired) electrons.